The number of nitriles is 1. The zero-order chi connectivity index (χ0) is 19.7. The number of hydrogen-bond acceptors (Lipinski definition) is 6. The van der Waals surface area contributed by atoms with Crippen LogP contribution in [0.1, 0.15) is 17.9 Å². The molecule has 2 aliphatic rings. The van der Waals surface area contributed by atoms with E-state index in [2.05, 4.69) is 11.0 Å². The maximum absolute atomic E-state index is 12.9. The number of nitro benzene ring substituents is 1. The van der Waals surface area contributed by atoms with Crippen molar-refractivity contribution in [3.63, 3.8) is 0 Å². The van der Waals surface area contributed by atoms with E-state index in [-0.39, 0.29) is 18.0 Å². The van der Waals surface area contributed by atoms with E-state index in [1.165, 1.54) is 23.9 Å². The highest BCUT2D eigenvalue weighted by Gasteiger charge is 2.38. The number of para-hydroxylation sites is 1. The van der Waals surface area contributed by atoms with Gasteiger partial charge in [-0.1, -0.05) is 42.1 Å². The van der Waals surface area contributed by atoms with Gasteiger partial charge in [0.2, 0.25) is 5.91 Å². The second-order valence-corrected chi connectivity index (χ2v) is 7.49. The second-order valence-electron chi connectivity index (χ2n) is 6.55. The molecule has 140 valence electrons. The fourth-order valence-electron chi connectivity index (χ4n) is 3.50. The van der Waals surface area contributed by atoms with Crippen LogP contribution in [-0.4, -0.2) is 28.3 Å². The molecule has 2 aliphatic heterocycles. The number of non-ortho nitro benzene ring substituents is 1. The summed E-state index contributed by atoms with van der Waals surface area (Å²) in [5.41, 5.74) is 2.09. The summed E-state index contributed by atoms with van der Waals surface area (Å²) < 4.78 is 0. The summed E-state index contributed by atoms with van der Waals surface area (Å²) >= 11 is 1.45. The minimum atomic E-state index is -0.466. The van der Waals surface area contributed by atoms with E-state index in [0.717, 1.165) is 5.69 Å². The molecule has 8 heteroatoms. The molecule has 0 saturated carbocycles. The summed E-state index contributed by atoms with van der Waals surface area (Å²) in [4.78, 5) is 27.2. The van der Waals surface area contributed by atoms with Crippen LogP contribution in [0, 0.1) is 21.4 Å². The first-order valence-electron chi connectivity index (χ1n) is 8.70. The van der Waals surface area contributed by atoms with E-state index in [4.69, 9.17) is 0 Å². The van der Waals surface area contributed by atoms with E-state index < -0.39 is 10.8 Å². The molecule has 0 unspecified atom stereocenters. The Balaban J connectivity index is 1.68. The van der Waals surface area contributed by atoms with Crippen molar-refractivity contribution < 1.29 is 9.72 Å². The van der Waals surface area contributed by atoms with Crippen LogP contribution < -0.4 is 4.90 Å². The van der Waals surface area contributed by atoms with Gasteiger partial charge in [-0.25, -0.2) is 0 Å². The molecule has 2 aromatic carbocycles. The second kappa shape index (κ2) is 7.37. The minimum absolute atomic E-state index is 0.0405. The van der Waals surface area contributed by atoms with Gasteiger partial charge in [0.1, 0.15) is 0 Å². The zero-order valence-electron chi connectivity index (χ0n) is 14.8. The number of thioether (sulfide) groups is 1. The van der Waals surface area contributed by atoms with Crippen molar-refractivity contribution in [2.75, 3.05) is 17.4 Å². The number of allylic oxidation sites excluding steroid dienone is 1. The Kier molecular flexibility index (Phi) is 4.75. The molecule has 0 radical (unpaired) electrons. The Bertz CT molecular complexity index is 1020. The summed E-state index contributed by atoms with van der Waals surface area (Å²) in [6.07, 6.45) is 0.122. The third-order valence-corrected chi connectivity index (χ3v) is 6.05. The third-order valence-electron chi connectivity index (χ3n) is 4.90. The van der Waals surface area contributed by atoms with Crippen molar-refractivity contribution in [1.29, 1.82) is 5.26 Å². The lowest BCUT2D eigenvalue weighted by molar-refractivity contribution is -0.384. The quantitative estimate of drug-likeness (QED) is 0.583. The van der Waals surface area contributed by atoms with Gasteiger partial charge in [0.15, 0.2) is 0 Å². The lowest BCUT2D eigenvalue weighted by Crippen LogP contribution is -2.47. The van der Waals surface area contributed by atoms with E-state index in [1.54, 1.807) is 17.0 Å². The third kappa shape index (κ3) is 3.21. The Morgan fingerprint density at radius 1 is 1.18 bits per heavy atom. The predicted molar refractivity (Wildman–Crippen MR) is 106 cm³/mol. The van der Waals surface area contributed by atoms with Crippen LogP contribution in [0.3, 0.4) is 0 Å². The van der Waals surface area contributed by atoms with Crippen molar-refractivity contribution in [1.82, 2.24) is 4.90 Å². The molecule has 0 aromatic heterocycles. The van der Waals surface area contributed by atoms with E-state index in [1.807, 2.05) is 30.3 Å². The van der Waals surface area contributed by atoms with E-state index in [0.29, 0.717) is 28.7 Å². The Morgan fingerprint density at radius 2 is 1.96 bits per heavy atom. The summed E-state index contributed by atoms with van der Waals surface area (Å²) in [6, 6.07) is 18.3. The van der Waals surface area contributed by atoms with Gasteiger partial charge in [-0.2, -0.15) is 5.26 Å². The van der Waals surface area contributed by atoms with Crippen molar-refractivity contribution >= 4 is 29.0 Å². The molecule has 0 aliphatic carbocycles. The molecule has 0 bridgehead atoms. The molecule has 0 spiro atoms. The van der Waals surface area contributed by atoms with Gasteiger partial charge in [-0.15, -0.1) is 0 Å². The van der Waals surface area contributed by atoms with Gasteiger partial charge in [-0.3, -0.25) is 19.8 Å². The first-order valence-corrected chi connectivity index (χ1v) is 9.69. The fourth-order valence-corrected chi connectivity index (χ4v) is 4.67. The Hall–Kier alpha value is -3.31. The molecule has 7 nitrogen and oxygen atoms in total. The summed E-state index contributed by atoms with van der Waals surface area (Å²) in [5.74, 6) is 0.0775. The maximum Gasteiger partial charge on any atom is 0.269 e. The van der Waals surface area contributed by atoms with Gasteiger partial charge < -0.3 is 4.90 Å². The molecular formula is C20H16N4O3S. The number of nitrogens with zero attached hydrogens (tertiary/aromatic N) is 4. The highest BCUT2D eigenvalue weighted by Crippen LogP contribution is 2.43. The molecule has 1 fully saturated rings. The number of benzene rings is 2. The van der Waals surface area contributed by atoms with Crippen molar-refractivity contribution in [2.45, 2.75) is 12.3 Å². The molecule has 1 saturated heterocycles. The molecule has 2 heterocycles. The van der Waals surface area contributed by atoms with Gasteiger partial charge >= 0.3 is 0 Å². The van der Waals surface area contributed by atoms with Crippen LogP contribution in [0.4, 0.5) is 11.4 Å². The van der Waals surface area contributed by atoms with E-state index in [9.17, 15) is 20.2 Å². The highest BCUT2D eigenvalue weighted by molar-refractivity contribution is 8.03. The van der Waals surface area contributed by atoms with Crippen LogP contribution in [0.5, 0.6) is 0 Å². The Morgan fingerprint density at radius 3 is 2.68 bits per heavy atom. The number of amides is 1. The zero-order valence-corrected chi connectivity index (χ0v) is 15.6. The lowest BCUT2D eigenvalue weighted by atomic mass is 9.86. The van der Waals surface area contributed by atoms with Crippen LogP contribution in [0.25, 0.3) is 0 Å². The van der Waals surface area contributed by atoms with Crippen LogP contribution in [0.15, 0.2) is 65.2 Å². The van der Waals surface area contributed by atoms with Crippen molar-refractivity contribution in [3.8, 4) is 6.07 Å². The van der Waals surface area contributed by atoms with Gasteiger partial charge in [-0.05, 0) is 17.7 Å². The molecule has 1 amide bonds. The first-order chi connectivity index (χ1) is 13.6. The normalized spacial score (nSPS) is 19.2. The first kappa shape index (κ1) is 18.1. The van der Waals surface area contributed by atoms with Gasteiger partial charge in [0.05, 0.1) is 34.1 Å². The van der Waals surface area contributed by atoms with Gasteiger partial charge in [0, 0.05) is 30.2 Å². The maximum atomic E-state index is 12.9. The number of carbonyl (C=O) groups excluding carboxylic acids is 1. The molecule has 28 heavy (non-hydrogen) atoms. The van der Waals surface area contributed by atoms with Crippen LogP contribution in [-0.2, 0) is 4.79 Å². The van der Waals surface area contributed by atoms with Gasteiger partial charge in [0.25, 0.3) is 5.69 Å². The summed E-state index contributed by atoms with van der Waals surface area (Å²) in [7, 11) is 0. The molecule has 0 N–H and O–H groups in total. The average molecular weight is 392 g/mol. The topological polar surface area (TPSA) is 90.5 Å². The number of carbonyl (C=O) groups is 1. The fraction of sp³-hybridized carbons (Fsp3) is 0.200. The standard InChI is InChI=1S/C20H16N4O3S/c21-11-18-17(14-5-4-8-16(9-14)24(26)27)10-19(25)23-12-22(13-28-20(18)23)15-6-2-1-3-7-15/h1-9,17H,10,12-13H2/t17-/m0/s1. The summed E-state index contributed by atoms with van der Waals surface area (Å²) in [6.45, 7) is 0.387. The number of fused-ring (bicyclic) bond motifs is 1. The number of rotatable bonds is 3. The molecule has 4 rings (SSSR count). The van der Waals surface area contributed by atoms with Crippen molar-refractivity contribution in [2.24, 2.45) is 0 Å². The number of nitro groups is 1. The molecule has 1 atom stereocenters. The SMILES string of the molecule is N#CC1=C2SCN(c3ccccc3)CN2C(=O)C[C@H]1c1cccc([N+](=O)[O-])c1. The smallest absolute Gasteiger partial charge is 0.269 e. The highest BCUT2D eigenvalue weighted by atomic mass is 32.2. The largest absolute Gasteiger partial charge is 0.344 e. The molecule has 2 aromatic rings. The van der Waals surface area contributed by atoms with Crippen LogP contribution in [0.2, 0.25) is 0 Å². The number of hydrogen-bond donors (Lipinski definition) is 0. The number of anilines is 1. The lowest BCUT2D eigenvalue weighted by Gasteiger charge is -2.42. The predicted octanol–water partition coefficient (Wildman–Crippen LogP) is 3.81. The summed E-state index contributed by atoms with van der Waals surface area (Å²) in [5, 5.41) is 21.6. The van der Waals surface area contributed by atoms with E-state index >= 15 is 0 Å². The monoisotopic (exact) mass is 392 g/mol. The van der Waals surface area contributed by atoms with Crippen LogP contribution >= 0.6 is 11.8 Å². The molecular weight excluding hydrogens is 376 g/mol. The van der Waals surface area contributed by atoms with Crippen molar-refractivity contribution in [3.05, 3.63) is 80.9 Å². The average Bonchev–Trinajstić information content (AvgIpc) is 2.74. The minimum Gasteiger partial charge on any atom is -0.344 e. The Labute approximate surface area is 166 Å².